The van der Waals surface area contributed by atoms with E-state index in [0.717, 1.165) is 16.5 Å². The first-order valence-corrected chi connectivity index (χ1v) is 6.01. The molecule has 2 aromatic rings. The average Bonchev–Trinajstić information content (AvgIpc) is 2.99. The zero-order valence-corrected chi connectivity index (χ0v) is 10.0. The molecule has 0 saturated carbocycles. The number of benzene rings is 1. The van der Waals surface area contributed by atoms with Gasteiger partial charge in [-0.3, -0.25) is 0 Å². The Morgan fingerprint density at radius 2 is 2.00 bits per heavy atom. The maximum Gasteiger partial charge on any atom is 0.320 e. The van der Waals surface area contributed by atoms with E-state index in [2.05, 4.69) is 20.5 Å². The van der Waals surface area contributed by atoms with Gasteiger partial charge in [0.1, 0.15) is 7.05 Å². The third kappa shape index (κ3) is 1.58. The molecule has 0 spiro atoms. The van der Waals surface area contributed by atoms with Crippen molar-refractivity contribution in [1.29, 1.82) is 0 Å². The molecule has 2 heterocycles. The van der Waals surface area contributed by atoms with Gasteiger partial charge in [-0.1, -0.05) is 39.2 Å². The van der Waals surface area contributed by atoms with Gasteiger partial charge in [0, 0.05) is 16.8 Å². The van der Waals surface area contributed by atoms with E-state index >= 15 is 0 Å². The van der Waals surface area contributed by atoms with Crippen molar-refractivity contribution in [1.82, 2.24) is 9.58 Å². The van der Waals surface area contributed by atoms with E-state index < -0.39 is 0 Å². The van der Waals surface area contributed by atoms with Crippen LogP contribution in [-0.2, 0) is 0 Å². The number of amidine groups is 1. The molecule has 6 heteroatoms. The lowest BCUT2D eigenvalue weighted by Crippen LogP contribution is -2.43. The van der Waals surface area contributed by atoms with Crippen molar-refractivity contribution in [3.8, 4) is 0 Å². The summed E-state index contributed by atoms with van der Waals surface area (Å²) in [6, 6.07) is 9.92. The topological polar surface area (TPSA) is 50.0 Å². The highest BCUT2D eigenvalue weighted by Crippen LogP contribution is 2.30. The van der Waals surface area contributed by atoms with Crippen LogP contribution in [0.3, 0.4) is 0 Å². The van der Waals surface area contributed by atoms with Crippen molar-refractivity contribution in [2.45, 2.75) is 0 Å². The number of hydrogen-bond acceptors (Lipinski definition) is 5. The number of rotatable bonds is 2. The van der Waals surface area contributed by atoms with Crippen molar-refractivity contribution in [2.75, 3.05) is 7.05 Å². The number of hydrogen-bond donors (Lipinski definition) is 0. The summed E-state index contributed by atoms with van der Waals surface area (Å²) in [4.78, 5) is 4.30. The lowest BCUT2D eigenvalue weighted by Gasteiger charge is -2.18. The van der Waals surface area contributed by atoms with E-state index in [4.69, 9.17) is 0 Å². The molecular formula is C11H10N5S+. The van der Waals surface area contributed by atoms with Crippen LogP contribution in [0.1, 0.15) is 5.56 Å². The molecule has 0 saturated heterocycles. The molecule has 3 rings (SSSR count). The van der Waals surface area contributed by atoms with Crippen molar-refractivity contribution >= 4 is 22.3 Å². The Hall–Kier alpha value is -1.92. The molecular weight excluding hydrogens is 234 g/mol. The molecule has 0 aliphatic carbocycles. The monoisotopic (exact) mass is 244 g/mol. The van der Waals surface area contributed by atoms with Gasteiger partial charge < -0.3 is 0 Å². The molecule has 0 fully saturated rings. The Balaban J connectivity index is 2.08. The molecule has 0 N–H and O–H groups in total. The third-order valence-corrected chi connectivity index (χ3v) is 3.52. The molecule has 0 radical (unpaired) electrons. The second kappa shape index (κ2) is 3.83. The van der Waals surface area contributed by atoms with Crippen LogP contribution >= 0.6 is 11.3 Å². The molecule has 17 heavy (non-hydrogen) atoms. The van der Waals surface area contributed by atoms with E-state index in [1.54, 1.807) is 17.5 Å². The lowest BCUT2D eigenvalue weighted by atomic mass is 10.2. The summed E-state index contributed by atoms with van der Waals surface area (Å²) in [5, 5.41) is 14.9. The van der Waals surface area contributed by atoms with Gasteiger partial charge in [-0.05, 0) is 12.1 Å². The number of aromatic nitrogens is 1. The third-order valence-electron chi connectivity index (χ3n) is 2.59. The van der Waals surface area contributed by atoms with Crippen LogP contribution < -0.4 is 4.59 Å². The van der Waals surface area contributed by atoms with Crippen LogP contribution in [0, 0.1) is 0 Å². The minimum atomic E-state index is 0.182. The van der Waals surface area contributed by atoms with E-state index in [-0.39, 0.29) is 4.59 Å². The minimum Gasteiger partial charge on any atom is -0.191 e. The Kier molecular flexibility index (Phi) is 2.31. The molecule has 1 aromatic carbocycles. The van der Waals surface area contributed by atoms with E-state index in [1.807, 2.05) is 42.8 Å². The molecule has 1 aliphatic heterocycles. The Morgan fingerprint density at radius 1 is 1.18 bits per heavy atom. The average molecular weight is 244 g/mol. The fraction of sp³-hybridized carbons (Fsp3) is 0.0909. The largest absolute Gasteiger partial charge is 0.320 e. The molecule has 0 bridgehead atoms. The summed E-state index contributed by atoms with van der Waals surface area (Å²) < 4.78 is 0.182. The minimum absolute atomic E-state index is 0.182. The standard InChI is InChI=1S/C11H10N5S/c1-16(11-12-7-8-17-11)10(13-14-15-16)9-5-3-2-4-6-9/h2-8H,1H3/q+1. The first-order chi connectivity index (χ1) is 8.31. The van der Waals surface area contributed by atoms with Gasteiger partial charge in [-0.2, -0.15) is 4.98 Å². The molecule has 1 aliphatic rings. The number of quaternary nitrogens is 1. The predicted molar refractivity (Wildman–Crippen MR) is 67.7 cm³/mol. The van der Waals surface area contributed by atoms with Gasteiger partial charge in [0.2, 0.25) is 0 Å². The summed E-state index contributed by atoms with van der Waals surface area (Å²) in [7, 11) is 1.93. The van der Waals surface area contributed by atoms with E-state index in [1.165, 1.54) is 0 Å². The van der Waals surface area contributed by atoms with Gasteiger partial charge in [0.25, 0.3) is 5.84 Å². The molecule has 0 amide bonds. The molecule has 1 unspecified atom stereocenters. The number of nitrogens with zero attached hydrogens (tertiary/aromatic N) is 5. The summed E-state index contributed by atoms with van der Waals surface area (Å²) in [6.45, 7) is 0. The smallest absolute Gasteiger partial charge is 0.191 e. The number of thiazole rings is 1. The van der Waals surface area contributed by atoms with Crippen LogP contribution in [-0.4, -0.2) is 17.9 Å². The van der Waals surface area contributed by atoms with Crippen LogP contribution in [0.5, 0.6) is 0 Å². The van der Waals surface area contributed by atoms with Crippen LogP contribution in [0.25, 0.3) is 0 Å². The maximum absolute atomic E-state index is 4.30. The lowest BCUT2D eigenvalue weighted by molar-refractivity contribution is 0.508. The van der Waals surface area contributed by atoms with Gasteiger partial charge in [-0.15, -0.1) is 0 Å². The Morgan fingerprint density at radius 3 is 2.71 bits per heavy atom. The fourth-order valence-corrected chi connectivity index (χ4v) is 2.42. The van der Waals surface area contributed by atoms with Crippen LogP contribution in [0.4, 0.5) is 5.13 Å². The van der Waals surface area contributed by atoms with Crippen molar-refractivity contribution < 1.29 is 0 Å². The van der Waals surface area contributed by atoms with Crippen LogP contribution in [0.15, 0.2) is 57.5 Å². The van der Waals surface area contributed by atoms with E-state index in [0.29, 0.717) is 0 Å². The predicted octanol–water partition coefficient (Wildman–Crippen LogP) is 2.82. The van der Waals surface area contributed by atoms with Gasteiger partial charge in [0.05, 0.1) is 10.8 Å². The van der Waals surface area contributed by atoms with Crippen molar-refractivity contribution in [3.63, 3.8) is 0 Å². The summed E-state index contributed by atoms with van der Waals surface area (Å²) in [5.41, 5.74) is 1.01. The zero-order chi connectivity index (χ0) is 11.7. The van der Waals surface area contributed by atoms with Crippen molar-refractivity contribution in [3.05, 3.63) is 47.5 Å². The molecule has 5 nitrogen and oxygen atoms in total. The first kappa shape index (κ1) is 10.2. The Bertz CT molecular complexity index is 575. The first-order valence-electron chi connectivity index (χ1n) is 5.13. The Labute approximate surface area is 102 Å². The zero-order valence-electron chi connectivity index (χ0n) is 9.19. The SMILES string of the molecule is C[N+]1(c2nccs2)N=NN=C1c1ccccc1. The summed E-state index contributed by atoms with van der Waals surface area (Å²) in [6.07, 6.45) is 1.76. The van der Waals surface area contributed by atoms with E-state index in [9.17, 15) is 0 Å². The highest BCUT2D eigenvalue weighted by molar-refractivity contribution is 7.13. The highest BCUT2D eigenvalue weighted by Gasteiger charge is 2.41. The normalized spacial score (nSPS) is 22.8. The van der Waals surface area contributed by atoms with Gasteiger partial charge in [0.15, 0.2) is 0 Å². The van der Waals surface area contributed by atoms with Gasteiger partial charge >= 0.3 is 5.13 Å². The quantitative estimate of drug-likeness (QED) is 0.749. The summed E-state index contributed by atoms with van der Waals surface area (Å²) >= 11 is 1.54. The maximum atomic E-state index is 4.30. The highest BCUT2D eigenvalue weighted by atomic mass is 32.1. The second-order valence-corrected chi connectivity index (χ2v) is 4.62. The second-order valence-electron chi connectivity index (χ2n) is 3.74. The molecule has 1 aromatic heterocycles. The fourth-order valence-electron chi connectivity index (χ4n) is 1.73. The summed E-state index contributed by atoms with van der Waals surface area (Å²) in [5.74, 6) is 0.792. The van der Waals surface area contributed by atoms with Gasteiger partial charge in [-0.25, -0.2) is 0 Å². The molecule has 1 atom stereocenters. The molecule has 84 valence electrons. The van der Waals surface area contributed by atoms with Crippen LogP contribution in [0.2, 0.25) is 0 Å². The van der Waals surface area contributed by atoms with Crippen molar-refractivity contribution in [2.24, 2.45) is 15.5 Å².